The van der Waals surface area contributed by atoms with Crippen molar-refractivity contribution in [1.82, 2.24) is 0 Å². The van der Waals surface area contributed by atoms with Gasteiger partial charge in [-0.05, 0) is 128 Å². The molecule has 2 heterocycles. The van der Waals surface area contributed by atoms with Crippen molar-refractivity contribution in [2.45, 2.75) is 5.41 Å². The van der Waals surface area contributed by atoms with Crippen LogP contribution >= 0.6 is 0 Å². The second-order valence-corrected chi connectivity index (χ2v) is 18.4. The van der Waals surface area contributed by atoms with Gasteiger partial charge in [0, 0.05) is 44.2 Å². The van der Waals surface area contributed by atoms with Gasteiger partial charge in [0.05, 0.1) is 5.41 Å². The lowest BCUT2D eigenvalue weighted by Gasteiger charge is -2.34. The summed E-state index contributed by atoms with van der Waals surface area (Å²) in [5, 5.41) is 4.51. The third-order valence-electron chi connectivity index (χ3n) is 14.6. The van der Waals surface area contributed by atoms with Crippen molar-refractivity contribution >= 4 is 60.9 Å². The first-order valence-corrected chi connectivity index (χ1v) is 24.0. The smallest absolute Gasteiger partial charge is 0.143 e. The summed E-state index contributed by atoms with van der Waals surface area (Å²) in [6.45, 7) is 0. The number of furan rings is 2. The maximum Gasteiger partial charge on any atom is 0.143 e. The minimum atomic E-state index is -0.479. The maximum atomic E-state index is 6.46. The lowest BCUT2D eigenvalue weighted by Crippen LogP contribution is -2.28. The summed E-state index contributed by atoms with van der Waals surface area (Å²) in [7, 11) is 0. The zero-order chi connectivity index (χ0) is 46.2. The van der Waals surface area contributed by atoms with Crippen LogP contribution in [0.2, 0.25) is 0 Å². The number of nitrogens with zero attached hydrogens (tertiary/aromatic N) is 1. The summed E-state index contributed by atoms with van der Waals surface area (Å²) in [6.07, 6.45) is 0. The van der Waals surface area contributed by atoms with Gasteiger partial charge in [-0.3, -0.25) is 0 Å². The Bertz CT molecular complexity index is 4060. The van der Waals surface area contributed by atoms with Crippen molar-refractivity contribution in [3.63, 3.8) is 0 Å². The predicted molar refractivity (Wildman–Crippen MR) is 289 cm³/mol. The van der Waals surface area contributed by atoms with Gasteiger partial charge >= 0.3 is 0 Å². The summed E-state index contributed by atoms with van der Waals surface area (Å²) in [4.78, 5) is 2.37. The normalized spacial score (nSPS) is 12.7. The molecule has 1 aliphatic carbocycles. The van der Waals surface area contributed by atoms with E-state index < -0.39 is 5.41 Å². The molecule has 0 amide bonds. The fourth-order valence-electron chi connectivity index (χ4n) is 11.4. The van der Waals surface area contributed by atoms with E-state index in [9.17, 15) is 0 Å². The molecule has 0 aliphatic heterocycles. The Kier molecular flexibility index (Phi) is 9.11. The van der Waals surface area contributed by atoms with Crippen LogP contribution in [0.1, 0.15) is 22.3 Å². The molecule has 0 unspecified atom stereocenters. The Morgan fingerprint density at radius 1 is 0.271 bits per heavy atom. The van der Waals surface area contributed by atoms with E-state index in [1.807, 2.05) is 24.3 Å². The van der Waals surface area contributed by atoms with Crippen LogP contribution < -0.4 is 4.90 Å². The minimum absolute atomic E-state index is 0.479. The Hall–Kier alpha value is -9.18. The number of para-hydroxylation sites is 3. The first-order valence-electron chi connectivity index (χ1n) is 24.0. The molecule has 2 aromatic heterocycles. The zero-order valence-corrected chi connectivity index (χ0v) is 38.1. The highest BCUT2D eigenvalue weighted by atomic mass is 16.3. The molecular formula is C67H43NO2. The molecule has 0 radical (unpaired) electrons. The SMILES string of the molecule is c1ccc(C2(c3ccc(N(c4ccc(-c5cccc(-c6cccc7c6oc6ccccc67)c5)cc4)c4ccc(-c5ccc6oc7ccccc7c6c5)cc4)cc3)c3ccccc3-c3ccccc32)cc1. The van der Waals surface area contributed by atoms with Crippen molar-refractivity contribution in [2.24, 2.45) is 0 Å². The molecule has 1 aliphatic rings. The van der Waals surface area contributed by atoms with Gasteiger partial charge in [0.25, 0.3) is 0 Å². The number of benzene rings is 11. The molecule has 3 nitrogen and oxygen atoms in total. The average molecular weight is 894 g/mol. The Morgan fingerprint density at radius 3 is 1.40 bits per heavy atom. The predicted octanol–water partition coefficient (Wildman–Crippen LogP) is 18.3. The van der Waals surface area contributed by atoms with E-state index in [0.717, 1.165) is 94.3 Å². The first kappa shape index (κ1) is 39.9. The van der Waals surface area contributed by atoms with Gasteiger partial charge in [-0.2, -0.15) is 0 Å². The molecule has 14 rings (SSSR count). The van der Waals surface area contributed by atoms with E-state index >= 15 is 0 Å². The van der Waals surface area contributed by atoms with E-state index in [2.05, 4.69) is 241 Å². The van der Waals surface area contributed by atoms with Crippen LogP contribution in [0.3, 0.4) is 0 Å². The third-order valence-corrected chi connectivity index (χ3v) is 14.6. The van der Waals surface area contributed by atoms with Crippen LogP contribution in [0, 0.1) is 0 Å². The quantitative estimate of drug-likeness (QED) is 0.152. The van der Waals surface area contributed by atoms with Crippen molar-refractivity contribution in [3.05, 3.63) is 283 Å². The first-order chi connectivity index (χ1) is 34.7. The molecule has 0 spiro atoms. The Balaban J connectivity index is 0.871. The molecular weight excluding hydrogens is 851 g/mol. The van der Waals surface area contributed by atoms with Gasteiger partial charge < -0.3 is 13.7 Å². The largest absolute Gasteiger partial charge is 0.456 e. The van der Waals surface area contributed by atoms with Crippen molar-refractivity contribution in [2.75, 3.05) is 4.90 Å². The van der Waals surface area contributed by atoms with Gasteiger partial charge in [0.1, 0.15) is 22.3 Å². The summed E-state index contributed by atoms with van der Waals surface area (Å²) < 4.78 is 12.6. The van der Waals surface area contributed by atoms with E-state index in [1.54, 1.807) is 0 Å². The highest BCUT2D eigenvalue weighted by Crippen LogP contribution is 2.56. The van der Waals surface area contributed by atoms with Gasteiger partial charge in [0.15, 0.2) is 0 Å². The van der Waals surface area contributed by atoms with Crippen LogP contribution in [0.4, 0.5) is 17.1 Å². The molecule has 13 aromatic rings. The van der Waals surface area contributed by atoms with Crippen molar-refractivity contribution < 1.29 is 8.83 Å². The number of fused-ring (bicyclic) bond motifs is 9. The molecule has 0 saturated heterocycles. The van der Waals surface area contributed by atoms with Crippen LogP contribution in [-0.4, -0.2) is 0 Å². The lowest BCUT2D eigenvalue weighted by molar-refractivity contribution is 0.669. The van der Waals surface area contributed by atoms with Crippen molar-refractivity contribution in [1.29, 1.82) is 0 Å². The molecule has 0 atom stereocenters. The Morgan fingerprint density at radius 2 is 0.729 bits per heavy atom. The zero-order valence-electron chi connectivity index (χ0n) is 38.1. The van der Waals surface area contributed by atoms with E-state index in [-0.39, 0.29) is 0 Å². The maximum absolute atomic E-state index is 6.46. The minimum Gasteiger partial charge on any atom is -0.456 e. The van der Waals surface area contributed by atoms with Crippen LogP contribution in [0.25, 0.3) is 88.4 Å². The molecule has 0 fully saturated rings. The van der Waals surface area contributed by atoms with Crippen molar-refractivity contribution in [3.8, 4) is 44.5 Å². The number of anilines is 3. The topological polar surface area (TPSA) is 29.5 Å². The van der Waals surface area contributed by atoms with Gasteiger partial charge in [0.2, 0.25) is 0 Å². The summed E-state index contributed by atoms with van der Waals surface area (Å²) in [5.74, 6) is 0. The summed E-state index contributed by atoms with van der Waals surface area (Å²) in [5.41, 5.74) is 20.8. The fourth-order valence-corrected chi connectivity index (χ4v) is 11.4. The number of hydrogen-bond acceptors (Lipinski definition) is 3. The van der Waals surface area contributed by atoms with Gasteiger partial charge in [-0.25, -0.2) is 0 Å². The third kappa shape index (κ3) is 6.22. The average Bonchev–Trinajstić information content (AvgIpc) is 4.11. The second kappa shape index (κ2) is 16.0. The monoisotopic (exact) mass is 893 g/mol. The standard InChI is InChI=1S/C67H43NO2/c1-2-16-49(17-3-1)67(61-24-8-4-18-55(61)56-19-5-9-25-62(56)67)50-33-39-53(40-34-50)68(52-37-30-45(31-38-52)47-32-41-65-60(43-47)58-21-7-10-26-63(58)69-65)51-35-28-44(29-36-51)46-14-12-15-48(42-46)54-22-13-23-59-57-20-6-11-27-64(57)70-66(54)59/h1-43H. The van der Waals surface area contributed by atoms with Crippen LogP contribution in [0.15, 0.2) is 270 Å². The second-order valence-electron chi connectivity index (χ2n) is 18.4. The fraction of sp³-hybridized carbons (Fsp3) is 0.0149. The molecule has 328 valence electrons. The molecule has 11 aromatic carbocycles. The van der Waals surface area contributed by atoms with E-state index in [0.29, 0.717) is 0 Å². The summed E-state index contributed by atoms with van der Waals surface area (Å²) >= 11 is 0. The summed E-state index contributed by atoms with van der Waals surface area (Å²) in [6, 6.07) is 94.3. The Labute approximate surface area is 405 Å². The van der Waals surface area contributed by atoms with Crippen LogP contribution in [0.5, 0.6) is 0 Å². The molecule has 3 heteroatoms. The van der Waals surface area contributed by atoms with Crippen LogP contribution in [-0.2, 0) is 5.41 Å². The number of hydrogen-bond donors (Lipinski definition) is 0. The molecule has 0 bridgehead atoms. The van der Waals surface area contributed by atoms with E-state index in [4.69, 9.17) is 8.83 Å². The molecule has 0 saturated carbocycles. The number of rotatable bonds is 8. The van der Waals surface area contributed by atoms with Gasteiger partial charge in [-0.15, -0.1) is 0 Å². The van der Waals surface area contributed by atoms with Gasteiger partial charge in [-0.1, -0.05) is 194 Å². The molecule has 70 heavy (non-hydrogen) atoms. The van der Waals surface area contributed by atoms with E-state index in [1.165, 1.54) is 33.4 Å². The molecule has 0 N–H and O–H groups in total. The highest BCUT2D eigenvalue weighted by molar-refractivity contribution is 6.10. The highest BCUT2D eigenvalue weighted by Gasteiger charge is 2.45. The lowest BCUT2D eigenvalue weighted by atomic mass is 9.68.